The van der Waals surface area contributed by atoms with Crippen molar-refractivity contribution in [3.05, 3.63) is 56.0 Å². The van der Waals surface area contributed by atoms with Gasteiger partial charge in [0.25, 0.3) is 0 Å². The first-order valence-corrected chi connectivity index (χ1v) is 7.71. The van der Waals surface area contributed by atoms with Gasteiger partial charge in [-0.2, -0.15) is 0 Å². The number of rotatable bonds is 2. The van der Waals surface area contributed by atoms with Gasteiger partial charge in [-0.1, -0.05) is 29.3 Å². The van der Waals surface area contributed by atoms with Gasteiger partial charge < -0.3 is 10.6 Å². The summed E-state index contributed by atoms with van der Waals surface area (Å²) in [5, 5.41) is 6.44. The van der Waals surface area contributed by atoms with E-state index in [0.717, 1.165) is 21.3 Å². The Morgan fingerprint density at radius 1 is 1.00 bits per heavy atom. The van der Waals surface area contributed by atoms with Gasteiger partial charge in [0.2, 0.25) is 0 Å². The van der Waals surface area contributed by atoms with Crippen LogP contribution in [0.25, 0.3) is 0 Å². The standard InChI is InChI=1S/C15H13BrCl2N2O/c1-8-3-9(2)14(13(16)4-8)20-15(21)19-12-6-10(17)5-11(18)7-12/h3-7H,1-2H3,(H2,19,20,21). The lowest BCUT2D eigenvalue weighted by atomic mass is 10.1. The second kappa shape index (κ2) is 6.69. The zero-order valence-corrected chi connectivity index (χ0v) is 14.5. The minimum Gasteiger partial charge on any atom is -0.308 e. The van der Waals surface area contributed by atoms with Gasteiger partial charge in [-0.05, 0) is 65.2 Å². The highest BCUT2D eigenvalue weighted by Gasteiger charge is 2.10. The van der Waals surface area contributed by atoms with Crippen molar-refractivity contribution in [1.82, 2.24) is 0 Å². The Kier molecular flexibility index (Phi) is 5.14. The quantitative estimate of drug-likeness (QED) is 0.650. The number of carbonyl (C=O) groups excluding carboxylic acids is 1. The van der Waals surface area contributed by atoms with E-state index in [-0.39, 0.29) is 6.03 Å². The Morgan fingerprint density at radius 2 is 1.62 bits per heavy atom. The third-order valence-electron chi connectivity index (χ3n) is 2.79. The summed E-state index contributed by atoms with van der Waals surface area (Å²) in [5.41, 5.74) is 3.35. The molecule has 0 aromatic heterocycles. The van der Waals surface area contributed by atoms with E-state index < -0.39 is 0 Å². The van der Waals surface area contributed by atoms with Gasteiger partial charge in [0.1, 0.15) is 0 Å². The third kappa shape index (κ3) is 4.37. The maximum atomic E-state index is 12.1. The number of hydrogen-bond donors (Lipinski definition) is 2. The summed E-state index contributed by atoms with van der Waals surface area (Å²) in [6.07, 6.45) is 0. The molecule has 0 spiro atoms. The first-order chi connectivity index (χ1) is 9.85. The summed E-state index contributed by atoms with van der Waals surface area (Å²) >= 11 is 15.2. The van der Waals surface area contributed by atoms with Gasteiger partial charge in [0.05, 0.1) is 5.69 Å². The van der Waals surface area contributed by atoms with Crippen LogP contribution in [0.5, 0.6) is 0 Å². The summed E-state index contributed by atoms with van der Waals surface area (Å²) in [4.78, 5) is 12.1. The molecule has 0 radical (unpaired) electrons. The maximum Gasteiger partial charge on any atom is 0.323 e. The molecule has 0 heterocycles. The summed E-state index contributed by atoms with van der Waals surface area (Å²) in [6, 6.07) is 8.44. The molecular weight excluding hydrogens is 375 g/mol. The summed E-state index contributed by atoms with van der Waals surface area (Å²) in [6.45, 7) is 3.93. The second-order valence-electron chi connectivity index (χ2n) is 4.68. The first kappa shape index (κ1) is 16.1. The molecule has 0 aliphatic heterocycles. The Bertz CT molecular complexity index is 661. The lowest BCUT2D eigenvalue weighted by Gasteiger charge is -2.13. The van der Waals surface area contributed by atoms with Crippen molar-refractivity contribution < 1.29 is 4.79 Å². The number of benzene rings is 2. The van der Waals surface area contributed by atoms with Crippen LogP contribution in [-0.4, -0.2) is 6.03 Å². The molecular formula is C15H13BrCl2N2O. The average molecular weight is 388 g/mol. The fraction of sp³-hybridized carbons (Fsp3) is 0.133. The number of carbonyl (C=O) groups is 1. The molecule has 0 unspecified atom stereocenters. The van der Waals surface area contributed by atoms with E-state index in [1.165, 1.54) is 0 Å². The molecule has 2 N–H and O–H groups in total. The predicted octanol–water partition coefficient (Wildman–Crippen LogP) is 6.02. The molecule has 0 saturated carbocycles. The van der Waals surface area contributed by atoms with Gasteiger partial charge >= 0.3 is 6.03 Å². The smallest absolute Gasteiger partial charge is 0.308 e. The number of halogens is 3. The fourth-order valence-corrected chi connectivity index (χ4v) is 3.27. The maximum absolute atomic E-state index is 12.1. The zero-order chi connectivity index (χ0) is 15.6. The average Bonchev–Trinajstić information content (AvgIpc) is 2.32. The van der Waals surface area contributed by atoms with E-state index >= 15 is 0 Å². The fourth-order valence-electron chi connectivity index (χ4n) is 1.98. The van der Waals surface area contributed by atoms with E-state index in [0.29, 0.717) is 15.7 Å². The van der Waals surface area contributed by atoms with Crippen molar-refractivity contribution in [2.45, 2.75) is 13.8 Å². The first-order valence-electron chi connectivity index (χ1n) is 6.16. The molecule has 3 nitrogen and oxygen atoms in total. The van der Waals surface area contributed by atoms with Gasteiger partial charge in [0, 0.05) is 20.2 Å². The molecule has 0 saturated heterocycles. The molecule has 110 valence electrons. The van der Waals surface area contributed by atoms with Gasteiger partial charge in [0.15, 0.2) is 0 Å². The minimum atomic E-state index is -0.360. The molecule has 2 aromatic carbocycles. The molecule has 0 fully saturated rings. The molecule has 6 heteroatoms. The SMILES string of the molecule is Cc1cc(C)c(NC(=O)Nc2cc(Cl)cc(Cl)c2)c(Br)c1. The number of aryl methyl sites for hydroxylation is 2. The largest absolute Gasteiger partial charge is 0.323 e. The second-order valence-corrected chi connectivity index (χ2v) is 6.40. The minimum absolute atomic E-state index is 0.360. The molecule has 0 atom stereocenters. The monoisotopic (exact) mass is 386 g/mol. The number of hydrogen-bond acceptors (Lipinski definition) is 1. The molecule has 21 heavy (non-hydrogen) atoms. The van der Waals surface area contributed by atoms with Crippen LogP contribution in [0.1, 0.15) is 11.1 Å². The van der Waals surface area contributed by atoms with Crippen LogP contribution >= 0.6 is 39.1 Å². The highest BCUT2D eigenvalue weighted by Crippen LogP contribution is 2.28. The van der Waals surface area contributed by atoms with Crippen molar-refractivity contribution in [2.24, 2.45) is 0 Å². The van der Waals surface area contributed by atoms with Crippen LogP contribution in [0.2, 0.25) is 10.0 Å². The normalized spacial score (nSPS) is 10.3. The zero-order valence-electron chi connectivity index (χ0n) is 11.4. The van der Waals surface area contributed by atoms with Gasteiger partial charge in [-0.3, -0.25) is 0 Å². The predicted molar refractivity (Wildman–Crippen MR) is 92.7 cm³/mol. The highest BCUT2D eigenvalue weighted by molar-refractivity contribution is 9.10. The molecule has 2 rings (SSSR count). The topological polar surface area (TPSA) is 41.1 Å². The highest BCUT2D eigenvalue weighted by atomic mass is 79.9. The van der Waals surface area contributed by atoms with E-state index in [4.69, 9.17) is 23.2 Å². The Labute approximate surface area is 141 Å². The van der Waals surface area contributed by atoms with Crippen LogP contribution in [0.15, 0.2) is 34.8 Å². The van der Waals surface area contributed by atoms with Crippen molar-refractivity contribution in [2.75, 3.05) is 10.6 Å². The van der Waals surface area contributed by atoms with Gasteiger partial charge in [-0.25, -0.2) is 4.79 Å². The van der Waals surface area contributed by atoms with E-state index in [9.17, 15) is 4.79 Å². The number of amides is 2. The molecule has 0 aliphatic carbocycles. The van der Waals surface area contributed by atoms with E-state index in [1.807, 2.05) is 26.0 Å². The van der Waals surface area contributed by atoms with Crippen molar-refractivity contribution in [3.8, 4) is 0 Å². The summed E-state index contributed by atoms with van der Waals surface area (Å²) in [5.74, 6) is 0. The molecule has 2 amide bonds. The Morgan fingerprint density at radius 3 is 2.19 bits per heavy atom. The van der Waals surface area contributed by atoms with Crippen LogP contribution in [0.4, 0.5) is 16.2 Å². The van der Waals surface area contributed by atoms with E-state index in [2.05, 4.69) is 26.6 Å². The number of urea groups is 1. The number of nitrogens with one attached hydrogen (secondary N) is 2. The molecule has 2 aromatic rings. The van der Waals surface area contributed by atoms with Crippen LogP contribution in [0.3, 0.4) is 0 Å². The molecule has 0 bridgehead atoms. The lowest BCUT2D eigenvalue weighted by molar-refractivity contribution is 0.262. The Hall–Kier alpha value is -1.23. The summed E-state index contributed by atoms with van der Waals surface area (Å²) in [7, 11) is 0. The third-order valence-corrected chi connectivity index (χ3v) is 3.85. The van der Waals surface area contributed by atoms with Crippen LogP contribution < -0.4 is 10.6 Å². The lowest BCUT2D eigenvalue weighted by Crippen LogP contribution is -2.20. The van der Waals surface area contributed by atoms with E-state index in [1.54, 1.807) is 18.2 Å². The van der Waals surface area contributed by atoms with Crippen molar-refractivity contribution >= 4 is 56.5 Å². The van der Waals surface area contributed by atoms with Crippen LogP contribution in [-0.2, 0) is 0 Å². The van der Waals surface area contributed by atoms with Crippen molar-refractivity contribution in [1.29, 1.82) is 0 Å². The number of anilines is 2. The van der Waals surface area contributed by atoms with Gasteiger partial charge in [-0.15, -0.1) is 0 Å². The summed E-state index contributed by atoms with van der Waals surface area (Å²) < 4.78 is 0.833. The van der Waals surface area contributed by atoms with Crippen LogP contribution in [0, 0.1) is 13.8 Å². The Balaban J connectivity index is 2.15. The van der Waals surface area contributed by atoms with Crippen molar-refractivity contribution in [3.63, 3.8) is 0 Å². The molecule has 0 aliphatic rings.